The Balaban J connectivity index is 2.08. The molecule has 0 unspecified atom stereocenters. The zero-order valence-corrected chi connectivity index (χ0v) is 10.2. The van der Waals surface area contributed by atoms with Gasteiger partial charge in [-0.2, -0.15) is 13.2 Å². The summed E-state index contributed by atoms with van der Waals surface area (Å²) in [6.07, 6.45) is -4.35. The van der Waals surface area contributed by atoms with Crippen molar-refractivity contribution in [3.8, 4) is 0 Å². The number of likely N-dealkylation sites (tertiary alicyclic amines) is 1. The first-order valence-electron chi connectivity index (χ1n) is 5.95. The molecule has 1 heterocycles. The maximum atomic E-state index is 13.0. The Morgan fingerprint density at radius 3 is 2.44 bits per heavy atom. The zero-order chi connectivity index (χ0) is 13.4. The number of nitrogens with two attached hydrogens (primary N) is 1. The molecule has 1 aromatic rings. The fourth-order valence-corrected chi connectivity index (χ4v) is 2.47. The van der Waals surface area contributed by atoms with E-state index in [1.165, 1.54) is 0 Å². The molecule has 2 nitrogen and oxygen atoms in total. The van der Waals surface area contributed by atoms with Crippen LogP contribution in [0.1, 0.15) is 12.5 Å². The molecule has 2 rings (SSSR count). The van der Waals surface area contributed by atoms with Crippen molar-refractivity contribution in [3.05, 3.63) is 35.9 Å². The number of alkyl halides is 3. The molecule has 1 aliphatic heterocycles. The SMILES string of the molecule is C[C@H]1CN(Cc2ccccc2)C[C@@]1(N)C(F)(F)F. The van der Waals surface area contributed by atoms with Gasteiger partial charge in [-0.15, -0.1) is 0 Å². The van der Waals surface area contributed by atoms with Crippen LogP contribution in [0.2, 0.25) is 0 Å². The minimum Gasteiger partial charge on any atom is -0.316 e. The summed E-state index contributed by atoms with van der Waals surface area (Å²) < 4.78 is 38.9. The molecule has 0 amide bonds. The van der Waals surface area contributed by atoms with Crippen LogP contribution in [-0.4, -0.2) is 29.7 Å². The van der Waals surface area contributed by atoms with Crippen LogP contribution in [0.25, 0.3) is 0 Å². The maximum Gasteiger partial charge on any atom is 0.407 e. The number of rotatable bonds is 2. The third-order valence-corrected chi connectivity index (χ3v) is 3.67. The molecule has 1 saturated heterocycles. The molecule has 0 spiro atoms. The van der Waals surface area contributed by atoms with Crippen LogP contribution in [0.5, 0.6) is 0 Å². The number of halogens is 3. The van der Waals surface area contributed by atoms with Gasteiger partial charge >= 0.3 is 6.18 Å². The highest BCUT2D eigenvalue weighted by atomic mass is 19.4. The Labute approximate surface area is 105 Å². The molecule has 0 bridgehead atoms. The van der Waals surface area contributed by atoms with E-state index in [0.717, 1.165) is 5.56 Å². The van der Waals surface area contributed by atoms with Crippen molar-refractivity contribution in [2.75, 3.05) is 13.1 Å². The van der Waals surface area contributed by atoms with Crippen molar-refractivity contribution in [3.63, 3.8) is 0 Å². The number of hydrogen-bond acceptors (Lipinski definition) is 2. The molecule has 2 atom stereocenters. The van der Waals surface area contributed by atoms with Gasteiger partial charge in [-0.05, 0) is 11.5 Å². The monoisotopic (exact) mass is 258 g/mol. The van der Waals surface area contributed by atoms with Gasteiger partial charge in [0.1, 0.15) is 5.54 Å². The lowest BCUT2D eigenvalue weighted by atomic mass is 9.89. The van der Waals surface area contributed by atoms with Gasteiger partial charge in [0.15, 0.2) is 0 Å². The highest BCUT2D eigenvalue weighted by molar-refractivity contribution is 5.15. The summed E-state index contributed by atoms with van der Waals surface area (Å²) in [5, 5.41) is 0. The summed E-state index contributed by atoms with van der Waals surface area (Å²) in [5.74, 6) is -0.582. The molecule has 5 heteroatoms. The van der Waals surface area contributed by atoms with Gasteiger partial charge in [0.25, 0.3) is 0 Å². The lowest BCUT2D eigenvalue weighted by molar-refractivity contribution is -0.191. The Kier molecular flexibility index (Phi) is 3.38. The topological polar surface area (TPSA) is 29.3 Å². The quantitative estimate of drug-likeness (QED) is 0.882. The standard InChI is InChI=1S/C13H17F3N2/c1-10-7-18(8-11-5-3-2-4-6-11)9-12(10,17)13(14,15)16/h2-6,10H,7-9,17H2,1H3/t10-,12-/m0/s1. The third kappa shape index (κ3) is 2.37. The average Bonchev–Trinajstić information content (AvgIpc) is 2.56. The molecule has 2 N–H and O–H groups in total. The van der Waals surface area contributed by atoms with Gasteiger partial charge in [0.05, 0.1) is 0 Å². The zero-order valence-electron chi connectivity index (χ0n) is 10.2. The molecule has 0 aliphatic carbocycles. The molecular weight excluding hydrogens is 241 g/mol. The van der Waals surface area contributed by atoms with E-state index in [4.69, 9.17) is 5.73 Å². The predicted molar refractivity (Wildman–Crippen MR) is 63.9 cm³/mol. The molecular formula is C13H17F3N2. The minimum absolute atomic E-state index is 0.132. The van der Waals surface area contributed by atoms with E-state index in [9.17, 15) is 13.2 Å². The molecule has 18 heavy (non-hydrogen) atoms. The third-order valence-electron chi connectivity index (χ3n) is 3.67. The lowest BCUT2D eigenvalue weighted by Crippen LogP contribution is -2.58. The summed E-state index contributed by atoms with van der Waals surface area (Å²) >= 11 is 0. The van der Waals surface area contributed by atoms with Crippen LogP contribution < -0.4 is 5.73 Å². The van der Waals surface area contributed by atoms with Crippen LogP contribution in [0.4, 0.5) is 13.2 Å². The van der Waals surface area contributed by atoms with Crippen molar-refractivity contribution >= 4 is 0 Å². The van der Waals surface area contributed by atoms with Crippen molar-refractivity contribution in [2.45, 2.75) is 25.2 Å². The first-order valence-corrected chi connectivity index (χ1v) is 5.95. The minimum atomic E-state index is -4.35. The van der Waals surface area contributed by atoms with E-state index < -0.39 is 17.6 Å². The smallest absolute Gasteiger partial charge is 0.316 e. The average molecular weight is 258 g/mol. The van der Waals surface area contributed by atoms with E-state index in [1.807, 2.05) is 30.3 Å². The second kappa shape index (κ2) is 4.55. The summed E-state index contributed by atoms with van der Waals surface area (Å²) in [5.41, 5.74) is 4.49. The molecule has 100 valence electrons. The van der Waals surface area contributed by atoms with E-state index in [1.54, 1.807) is 11.8 Å². The predicted octanol–water partition coefficient (Wildman–Crippen LogP) is 2.40. The van der Waals surface area contributed by atoms with Crippen LogP contribution >= 0.6 is 0 Å². The summed E-state index contributed by atoms with van der Waals surface area (Å²) in [6, 6.07) is 9.48. The van der Waals surface area contributed by atoms with E-state index in [-0.39, 0.29) is 6.54 Å². The maximum absolute atomic E-state index is 13.0. The molecule has 1 aliphatic rings. The van der Waals surface area contributed by atoms with Crippen LogP contribution in [0, 0.1) is 5.92 Å². The largest absolute Gasteiger partial charge is 0.407 e. The van der Waals surface area contributed by atoms with Crippen LogP contribution in [-0.2, 0) is 6.54 Å². The van der Waals surface area contributed by atoms with Gasteiger partial charge < -0.3 is 5.73 Å². The molecule has 0 saturated carbocycles. The number of nitrogens with zero attached hydrogens (tertiary/aromatic N) is 1. The Bertz CT molecular complexity index is 404. The Hall–Kier alpha value is -1.07. The Morgan fingerprint density at radius 1 is 1.33 bits per heavy atom. The van der Waals surface area contributed by atoms with Crippen LogP contribution in [0.15, 0.2) is 30.3 Å². The second-order valence-electron chi connectivity index (χ2n) is 5.09. The first-order chi connectivity index (χ1) is 8.33. The molecule has 1 fully saturated rings. The molecule has 0 aromatic heterocycles. The molecule has 0 radical (unpaired) electrons. The fraction of sp³-hybridized carbons (Fsp3) is 0.538. The van der Waals surface area contributed by atoms with Gasteiger partial charge in [-0.25, -0.2) is 0 Å². The van der Waals surface area contributed by atoms with Crippen molar-refractivity contribution in [2.24, 2.45) is 11.7 Å². The van der Waals surface area contributed by atoms with Crippen molar-refractivity contribution < 1.29 is 13.2 Å². The van der Waals surface area contributed by atoms with E-state index in [2.05, 4.69) is 0 Å². The second-order valence-corrected chi connectivity index (χ2v) is 5.09. The van der Waals surface area contributed by atoms with E-state index >= 15 is 0 Å². The fourth-order valence-electron chi connectivity index (χ4n) is 2.47. The first kappa shape index (κ1) is 13.4. The van der Waals surface area contributed by atoms with Gasteiger partial charge in [-0.3, -0.25) is 4.90 Å². The summed E-state index contributed by atoms with van der Waals surface area (Å²) in [7, 11) is 0. The van der Waals surface area contributed by atoms with Crippen LogP contribution in [0.3, 0.4) is 0 Å². The normalized spacial score (nSPS) is 29.7. The van der Waals surface area contributed by atoms with Gasteiger partial charge in [0, 0.05) is 19.6 Å². The summed E-state index contributed by atoms with van der Waals surface area (Å²) in [6.45, 7) is 2.33. The highest BCUT2D eigenvalue weighted by Crippen LogP contribution is 2.39. The van der Waals surface area contributed by atoms with Crippen molar-refractivity contribution in [1.29, 1.82) is 0 Å². The lowest BCUT2D eigenvalue weighted by Gasteiger charge is -2.30. The van der Waals surface area contributed by atoms with E-state index in [0.29, 0.717) is 13.1 Å². The highest BCUT2D eigenvalue weighted by Gasteiger charge is 2.59. The number of benzene rings is 1. The molecule has 1 aromatic carbocycles. The van der Waals surface area contributed by atoms with Gasteiger partial charge in [-0.1, -0.05) is 37.3 Å². The van der Waals surface area contributed by atoms with Crippen molar-refractivity contribution in [1.82, 2.24) is 4.90 Å². The summed E-state index contributed by atoms with van der Waals surface area (Å²) in [4.78, 5) is 1.77. The Morgan fingerprint density at radius 2 is 1.94 bits per heavy atom. The van der Waals surface area contributed by atoms with Gasteiger partial charge in [0.2, 0.25) is 0 Å². The number of hydrogen-bond donors (Lipinski definition) is 1.